The number of carbonyl (C=O) groups is 3. The van der Waals surface area contributed by atoms with Crippen molar-refractivity contribution in [2.24, 2.45) is 5.92 Å². The first kappa shape index (κ1) is 19.9. The molecule has 1 aliphatic rings. The Balaban J connectivity index is 2.08. The molecule has 0 radical (unpaired) electrons. The number of carboxylic acids is 1. The van der Waals surface area contributed by atoms with Gasteiger partial charge < -0.3 is 15.5 Å². The van der Waals surface area contributed by atoms with Crippen LogP contribution in [0.25, 0.3) is 0 Å². The SMILES string of the molecule is O=C1CCC[C@H]([C@@H](NC(=O)[C@H](O)c2ccc(C(F)(F)F)cc2)C(=O)O)C1. The fraction of sp³-hybridized carbons (Fsp3) is 0.471. The largest absolute Gasteiger partial charge is 0.480 e. The van der Waals surface area contributed by atoms with E-state index in [0.29, 0.717) is 19.3 Å². The van der Waals surface area contributed by atoms with E-state index in [0.717, 1.165) is 24.3 Å². The van der Waals surface area contributed by atoms with Crippen molar-refractivity contribution in [3.63, 3.8) is 0 Å². The Morgan fingerprint density at radius 1 is 1.19 bits per heavy atom. The van der Waals surface area contributed by atoms with Crippen LogP contribution in [-0.2, 0) is 20.6 Å². The third kappa shape index (κ3) is 4.81. The van der Waals surface area contributed by atoms with Gasteiger partial charge in [0, 0.05) is 12.8 Å². The number of ketones is 1. The van der Waals surface area contributed by atoms with E-state index >= 15 is 0 Å². The lowest BCUT2D eigenvalue weighted by atomic mass is 9.83. The molecule has 1 aromatic carbocycles. The lowest BCUT2D eigenvalue weighted by Gasteiger charge is -2.28. The third-order valence-corrected chi connectivity index (χ3v) is 4.36. The predicted octanol–water partition coefficient (Wildman–Crippen LogP) is 2.07. The van der Waals surface area contributed by atoms with Gasteiger partial charge in [0.05, 0.1) is 5.56 Å². The van der Waals surface area contributed by atoms with E-state index < -0.39 is 41.7 Å². The number of nitrogens with one attached hydrogen (secondary N) is 1. The normalized spacial score (nSPS) is 20.3. The summed E-state index contributed by atoms with van der Waals surface area (Å²) < 4.78 is 37.6. The molecule has 3 N–H and O–H groups in total. The highest BCUT2D eigenvalue weighted by molar-refractivity contribution is 5.88. The van der Waals surface area contributed by atoms with Gasteiger partial charge in [-0.05, 0) is 36.5 Å². The fourth-order valence-electron chi connectivity index (χ4n) is 2.96. The van der Waals surface area contributed by atoms with Gasteiger partial charge >= 0.3 is 12.1 Å². The minimum atomic E-state index is -4.55. The smallest absolute Gasteiger partial charge is 0.416 e. The van der Waals surface area contributed by atoms with Gasteiger partial charge in [-0.15, -0.1) is 0 Å². The molecule has 0 bridgehead atoms. The van der Waals surface area contributed by atoms with Crippen molar-refractivity contribution < 1.29 is 37.8 Å². The van der Waals surface area contributed by atoms with Gasteiger partial charge in [-0.25, -0.2) is 4.79 Å². The van der Waals surface area contributed by atoms with E-state index in [9.17, 15) is 37.8 Å². The number of rotatable bonds is 5. The van der Waals surface area contributed by atoms with Gasteiger partial charge in [0.15, 0.2) is 6.10 Å². The predicted molar refractivity (Wildman–Crippen MR) is 82.9 cm³/mol. The van der Waals surface area contributed by atoms with Gasteiger partial charge in [-0.2, -0.15) is 13.2 Å². The standard InChI is InChI=1S/C17H18F3NO5/c18-17(19,20)11-6-4-9(5-7-11)14(23)15(24)21-13(16(25)26)10-2-1-3-12(22)8-10/h4-7,10,13-14,23H,1-3,8H2,(H,21,24)(H,25,26)/t10-,13+,14+/m0/s1. The first-order valence-electron chi connectivity index (χ1n) is 7.99. The summed E-state index contributed by atoms with van der Waals surface area (Å²) in [4.78, 5) is 35.1. The quantitative estimate of drug-likeness (QED) is 0.733. The molecular weight excluding hydrogens is 355 g/mol. The zero-order valence-electron chi connectivity index (χ0n) is 13.6. The molecule has 0 aromatic heterocycles. The average Bonchev–Trinajstić information content (AvgIpc) is 2.57. The molecule has 1 aliphatic carbocycles. The Bertz CT molecular complexity index is 687. The average molecular weight is 373 g/mol. The summed E-state index contributed by atoms with van der Waals surface area (Å²) in [5, 5.41) is 21.5. The highest BCUT2D eigenvalue weighted by atomic mass is 19.4. The number of carbonyl (C=O) groups excluding carboxylic acids is 2. The molecule has 26 heavy (non-hydrogen) atoms. The van der Waals surface area contributed by atoms with Gasteiger partial charge in [-0.3, -0.25) is 9.59 Å². The van der Waals surface area contributed by atoms with E-state index in [1.54, 1.807) is 0 Å². The second kappa shape index (κ2) is 7.86. The van der Waals surface area contributed by atoms with Crippen molar-refractivity contribution in [1.29, 1.82) is 0 Å². The molecular formula is C17H18F3NO5. The van der Waals surface area contributed by atoms with Crippen LogP contribution in [0.15, 0.2) is 24.3 Å². The molecule has 6 nitrogen and oxygen atoms in total. The lowest BCUT2D eigenvalue weighted by molar-refractivity contribution is -0.146. The number of Topliss-reactive ketones (excluding diaryl/α,β-unsaturated/α-hetero) is 1. The number of halogens is 3. The second-order valence-corrected chi connectivity index (χ2v) is 6.24. The van der Waals surface area contributed by atoms with Crippen LogP contribution in [0.4, 0.5) is 13.2 Å². The Morgan fingerprint density at radius 3 is 2.31 bits per heavy atom. The van der Waals surface area contributed by atoms with Crippen LogP contribution < -0.4 is 5.32 Å². The summed E-state index contributed by atoms with van der Waals surface area (Å²) in [5.41, 5.74) is -1.03. The molecule has 1 aromatic rings. The maximum atomic E-state index is 12.5. The Hall–Kier alpha value is -2.42. The van der Waals surface area contributed by atoms with Gasteiger partial charge in [0.25, 0.3) is 5.91 Å². The number of hydrogen-bond donors (Lipinski definition) is 3. The van der Waals surface area contributed by atoms with Crippen molar-refractivity contribution in [2.75, 3.05) is 0 Å². The van der Waals surface area contributed by atoms with E-state index in [-0.39, 0.29) is 17.8 Å². The first-order valence-corrected chi connectivity index (χ1v) is 7.99. The fourth-order valence-corrected chi connectivity index (χ4v) is 2.96. The number of alkyl halides is 3. The molecule has 1 amide bonds. The maximum Gasteiger partial charge on any atom is 0.416 e. The lowest BCUT2D eigenvalue weighted by Crippen LogP contribution is -2.48. The zero-order valence-corrected chi connectivity index (χ0v) is 13.6. The van der Waals surface area contributed by atoms with Gasteiger partial charge in [0.1, 0.15) is 11.8 Å². The van der Waals surface area contributed by atoms with Crippen LogP contribution in [0.2, 0.25) is 0 Å². The molecule has 1 saturated carbocycles. The summed E-state index contributed by atoms with van der Waals surface area (Å²) in [6, 6.07) is 2.00. The number of aliphatic carboxylic acids is 1. The topological polar surface area (TPSA) is 104 Å². The number of amides is 1. The summed E-state index contributed by atoms with van der Waals surface area (Å²) in [5.74, 6) is -3.06. The summed E-state index contributed by atoms with van der Waals surface area (Å²) in [6.07, 6.45) is -5.02. The van der Waals surface area contributed by atoms with Crippen molar-refractivity contribution in [1.82, 2.24) is 5.32 Å². The van der Waals surface area contributed by atoms with E-state index in [4.69, 9.17) is 0 Å². The summed E-state index contributed by atoms with van der Waals surface area (Å²) >= 11 is 0. The van der Waals surface area contributed by atoms with E-state index in [2.05, 4.69) is 5.32 Å². The number of aliphatic hydroxyl groups excluding tert-OH is 1. The zero-order chi connectivity index (χ0) is 19.5. The van der Waals surface area contributed by atoms with Gasteiger partial charge in [-0.1, -0.05) is 12.1 Å². The van der Waals surface area contributed by atoms with Crippen LogP contribution in [0.3, 0.4) is 0 Å². The van der Waals surface area contributed by atoms with E-state index in [1.165, 1.54) is 0 Å². The Morgan fingerprint density at radius 2 is 1.81 bits per heavy atom. The van der Waals surface area contributed by atoms with Crippen molar-refractivity contribution in [3.05, 3.63) is 35.4 Å². The first-order chi connectivity index (χ1) is 12.1. The molecule has 0 saturated heterocycles. The Labute approximate surface area is 147 Å². The molecule has 0 unspecified atom stereocenters. The summed E-state index contributed by atoms with van der Waals surface area (Å²) in [7, 11) is 0. The van der Waals surface area contributed by atoms with Crippen molar-refractivity contribution in [3.8, 4) is 0 Å². The van der Waals surface area contributed by atoms with Crippen molar-refractivity contribution >= 4 is 17.7 Å². The maximum absolute atomic E-state index is 12.5. The monoisotopic (exact) mass is 373 g/mol. The Kier molecular flexibility index (Phi) is 6.01. The molecule has 0 spiro atoms. The van der Waals surface area contributed by atoms with E-state index in [1.807, 2.05) is 0 Å². The third-order valence-electron chi connectivity index (χ3n) is 4.36. The summed E-state index contributed by atoms with van der Waals surface area (Å²) in [6.45, 7) is 0. The molecule has 9 heteroatoms. The molecule has 0 heterocycles. The van der Waals surface area contributed by atoms with Crippen LogP contribution in [0.1, 0.15) is 42.9 Å². The molecule has 1 fully saturated rings. The highest BCUT2D eigenvalue weighted by Gasteiger charge is 2.35. The highest BCUT2D eigenvalue weighted by Crippen LogP contribution is 2.30. The number of aliphatic hydroxyl groups is 1. The number of hydrogen-bond acceptors (Lipinski definition) is 4. The molecule has 142 valence electrons. The van der Waals surface area contributed by atoms with Gasteiger partial charge in [0.2, 0.25) is 0 Å². The molecule has 3 atom stereocenters. The minimum Gasteiger partial charge on any atom is -0.480 e. The number of benzene rings is 1. The van der Waals surface area contributed by atoms with Crippen LogP contribution in [-0.4, -0.2) is 33.9 Å². The minimum absolute atomic E-state index is 0.0214. The van der Waals surface area contributed by atoms with Crippen LogP contribution >= 0.6 is 0 Å². The molecule has 2 rings (SSSR count). The number of carboxylic acid groups (broad SMARTS) is 1. The molecule has 0 aliphatic heterocycles. The van der Waals surface area contributed by atoms with Crippen LogP contribution in [0.5, 0.6) is 0 Å². The van der Waals surface area contributed by atoms with Crippen LogP contribution in [0, 0.1) is 5.92 Å². The van der Waals surface area contributed by atoms with Crippen molar-refractivity contribution in [2.45, 2.75) is 44.0 Å². The second-order valence-electron chi connectivity index (χ2n) is 6.24.